The fourth-order valence-corrected chi connectivity index (χ4v) is 5.54. The highest BCUT2D eigenvalue weighted by atomic mass is 32.2. The fraction of sp³-hybridized carbons (Fsp3) is 0.318. The summed E-state index contributed by atoms with van der Waals surface area (Å²) in [5.74, 6) is 0. The summed E-state index contributed by atoms with van der Waals surface area (Å²) in [4.78, 5) is 9.98. The molecular weight excluding hydrogens is 398 g/mol. The fourth-order valence-electron chi connectivity index (χ4n) is 4.48. The highest BCUT2D eigenvalue weighted by Crippen LogP contribution is 2.31. The first-order valence-corrected chi connectivity index (χ1v) is 11.7. The third-order valence-electron chi connectivity index (χ3n) is 6.07. The van der Waals surface area contributed by atoms with Crippen LogP contribution in [0.4, 0.5) is 0 Å². The van der Waals surface area contributed by atoms with Crippen molar-refractivity contribution in [3.63, 3.8) is 0 Å². The van der Waals surface area contributed by atoms with Crippen LogP contribution >= 0.6 is 0 Å². The third kappa shape index (κ3) is 3.40. The van der Waals surface area contributed by atoms with Gasteiger partial charge in [-0.15, -0.1) is 0 Å². The van der Waals surface area contributed by atoms with Gasteiger partial charge in [0.1, 0.15) is 0 Å². The Balaban J connectivity index is 1.46. The van der Waals surface area contributed by atoms with Crippen molar-refractivity contribution in [1.82, 2.24) is 24.2 Å². The van der Waals surface area contributed by atoms with E-state index in [0.29, 0.717) is 6.54 Å². The van der Waals surface area contributed by atoms with E-state index in [2.05, 4.69) is 30.4 Å². The predicted octanol–water partition coefficient (Wildman–Crippen LogP) is 3.17. The summed E-state index contributed by atoms with van der Waals surface area (Å²) >= 11 is 0. The number of fused-ring (bicyclic) bond motifs is 2. The van der Waals surface area contributed by atoms with Crippen LogP contribution in [-0.2, 0) is 17.1 Å². The summed E-state index contributed by atoms with van der Waals surface area (Å²) in [6, 6.07) is 9.09. The number of aromatic amines is 1. The standard InChI is InChI=1S/C22H25N5O2S/c1-26-15-19(18-7-8-23-13-21(18)26)22(27-10-2-3-11-27)14-25-30(28,29)17-5-4-16-6-9-24-20(16)12-17/h4-9,12-13,15,22,24-25H,2-3,10-11,14H2,1H3/t22-/m0/s1. The number of nitrogens with one attached hydrogen (secondary N) is 2. The molecule has 4 aromatic rings. The van der Waals surface area contributed by atoms with E-state index in [4.69, 9.17) is 0 Å². The molecule has 3 aromatic heterocycles. The molecule has 1 aliphatic rings. The Morgan fingerprint density at radius 1 is 1.20 bits per heavy atom. The van der Waals surface area contributed by atoms with Gasteiger partial charge in [-0.3, -0.25) is 9.88 Å². The number of aromatic nitrogens is 3. The van der Waals surface area contributed by atoms with Crippen molar-refractivity contribution in [3.8, 4) is 0 Å². The molecule has 2 N–H and O–H groups in total. The van der Waals surface area contributed by atoms with Crippen molar-refractivity contribution in [2.24, 2.45) is 7.05 Å². The molecule has 1 aromatic carbocycles. The van der Waals surface area contributed by atoms with Gasteiger partial charge in [0, 0.05) is 43.1 Å². The lowest BCUT2D eigenvalue weighted by Gasteiger charge is -2.27. The van der Waals surface area contributed by atoms with Gasteiger partial charge in [0.05, 0.1) is 22.7 Å². The number of sulfonamides is 1. The normalized spacial score (nSPS) is 16.6. The van der Waals surface area contributed by atoms with Crippen LogP contribution in [0.5, 0.6) is 0 Å². The van der Waals surface area contributed by atoms with Crippen molar-refractivity contribution >= 4 is 31.8 Å². The van der Waals surface area contributed by atoms with E-state index < -0.39 is 10.0 Å². The zero-order chi connectivity index (χ0) is 20.7. The van der Waals surface area contributed by atoms with Gasteiger partial charge in [0.15, 0.2) is 0 Å². The van der Waals surface area contributed by atoms with E-state index in [0.717, 1.165) is 53.3 Å². The third-order valence-corrected chi connectivity index (χ3v) is 7.49. The van der Waals surface area contributed by atoms with Gasteiger partial charge in [-0.1, -0.05) is 6.07 Å². The minimum Gasteiger partial charge on any atom is -0.361 e. The van der Waals surface area contributed by atoms with Gasteiger partial charge in [0.2, 0.25) is 10.0 Å². The monoisotopic (exact) mass is 423 g/mol. The van der Waals surface area contributed by atoms with Crippen molar-refractivity contribution in [1.29, 1.82) is 0 Å². The molecule has 8 heteroatoms. The summed E-state index contributed by atoms with van der Waals surface area (Å²) in [6.45, 7) is 2.27. The lowest BCUT2D eigenvalue weighted by molar-refractivity contribution is 0.247. The molecule has 1 aliphatic heterocycles. The SMILES string of the molecule is Cn1cc([C@H](CNS(=O)(=O)c2ccc3cc[nH]c3c2)N2CCCC2)c2ccncc21. The average molecular weight is 424 g/mol. The largest absolute Gasteiger partial charge is 0.361 e. The molecule has 30 heavy (non-hydrogen) atoms. The highest BCUT2D eigenvalue weighted by Gasteiger charge is 2.28. The molecular formula is C22H25N5O2S. The highest BCUT2D eigenvalue weighted by molar-refractivity contribution is 7.89. The number of benzene rings is 1. The molecule has 1 atom stereocenters. The zero-order valence-electron chi connectivity index (χ0n) is 16.9. The molecule has 5 rings (SSSR count). The Morgan fingerprint density at radius 2 is 2.03 bits per heavy atom. The summed E-state index contributed by atoms with van der Waals surface area (Å²) in [6.07, 6.45) is 9.85. The van der Waals surface area contributed by atoms with Crippen molar-refractivity contribution in [2.75, 3.05) is 19.6 Å². The molecule has 0 bridgehead atoms. The van der Waals surface area contributed by atoms with Gasteiger partial charge in [-0.2, -0.15) is 0 Å². The molecule has 0 saturated carbocycles. The molecule has 0 unspecified atom stereocenters. The topological polar surface area (TPSA) is 83.0 Å². The summed E-state index contributed by atoms with van der Waals surface area (Å²) < 4.78 is 31.1. The zero-order valence-corrected chi connectivity index (χ0v) is 17.7. The van der Waals surface area contributed by atoms with Crippen molar-refractivity contribution < 1.29 is 8.42 Å². The number of aryl methyl sites for hydroxylation is 1. The van der Waals surface area contributed by atoms with Gasteiger partial charge < -0.3 is 9.55 Å². The maximum atomic E-state index is 13.1. The number of H-pyrrole nitrogens is 1. The van der Waals surface area contributed by atoms with E-state index in [1.807, 2.05) is 37.6 Å². The summed E-state index contributed by atoms with van der Waals surface area (Å²) in [5.41, 5.74) is 3.01. The van der Waals surface area contributed by atoms with E-state index >= 15 is 0 Å². The van der Waals surface area contributed by atoms with Crippen LogP contribution in [0.3, 0.4) is 0 Å². The Morgan fingerprint density at radius 3 is 2.87 bits per heavy atom. The van der Waals surface area contributed by atoms with E-state index in [1.54, 1.807) is 18.3 Å². The Bertz CT molecular complexity index is 1300. The van der Waals surface area contributed by atoms with Crippen LogP contribution in [0.15, 0.2) is 60.0 Å². The van der Waals surface area contributed by atoms with Gasteiger partial charge >= 0.3 is 0 Å². The molecule has 0 aliphatic carbocycles. The Hall–Kier alpha value is -2.68. The smallest absolute Gasteiger partial charge is 0.240 e. The van der Waals surface area contributed by atoms with Crippen LogP contribution in [-0.4, -0.2) is 47.5 Å². The average Bonchev–Trinajstić information content (AvgIpc) is 3.49. The number of hydrogen-bond acceptors (Lipinski definition) is 4. The Kier molecular flexibility index (Phi) is 4.85. The maximum Gasteiger partial charge on any atom is 0.240 e. The Labute approximate surface area is 175 Å². The van der Waals surface area contributed by atoms with Crippen LogP contribution in [0.25, 0.3) is 21.8 Å². The molecule has 4 heterocycles. The van der Waals surface area contributed by atoms with E-state index in [1.165, 1.54) is 0 Å². The van der Waals surface area contributed by atoms with Crippen LogP contribution < -0.4 is 4.72 Å². The minimum atomic E-state index is -3.62. The van der Waals surface area contributed by atoms with Gasteiger partial charge in [-0.25, -0.2) is 13.1 Å². The number of likely N-dealkylation sites (tertiary alicyclic amines) is 1. The minimum absolute atomic E-state index is 0.0254. The molecule has 1 saturated heterocycles. The number of rotatable bonds is 6. The van der Waals surface area contributed by atoms with E-state index in [-0.39, 0.29) is 10.9 Å². The molecule has 156 valence electrons. The second-order valence-corrected chi connectivity index (χ2v) is 9.69. The number of hydrogen-bond donors (Lipinski definition) is 2. The second-order valence-electron chi connectivity index (χ2n) is 7.93. The van der Waals surface area contributed by atoms with Crippen LogP contribution in [0, 0.1) is 0 Å². The number of nitrogens with zero attached hydrogens (tertiary/aromatic N) is 3. The summed E-state index contributed by atoms with van der Waals surface area (Å²) in [5, 5.41) is 2.12. The van der Waals surface area contributed by atoms with Gasteiger partial charge in [0.25, 0.3) is 0 Å². The first-order chi connectivity index (χ1) is 14.5. The van der Waals surface area contributed by atoms with Crippen LogP contribution in [0.2, 0.25) is 0 Å². The molecule has 7 nitrogen and oxygen atoms in total. The lowest BCUT2D eigenvalue weighted by Crippen LogP contribution is -2.36. The molecule has 1 fully saturated rings. The second kappa shape index (κ2) is 7.54. The molecule has 0 amide bonds. The maximum absolute atomic E-state index is 13.1. The summed E-state index contributed by atoms with van der Waals surface area (Å²) in [7, 11) is -1.62. The first kappa shape index (κ1) is 19.3. The predicted molar refractivity (Wildman–Crippen MR) is 118 cm³/mol. The molecule has 0 radical (unpaired) electrons. The van der Waals surface area contributed by atoms with Crippen LogP contribution in [0.1, 0.15) is 24.4 Å². The van der Waals surface area contributed by atoms with Crippen molar-refractivity contribution in [3.05, 3.63) is 60.7 Å². The van der Waals surface area contributed by atoms with E-state index in [9.17, 15) is 8.42 Å². The number of pyridine rings is 1. The first-order valence-electron chi connectivity index (χ1n) is 10.2. The lowest BCUT2D eigenvalue weighted by atomic mass is 10.1. The van der Waals surface area contributed by atoms with Gasteiger partial charge in [-0.05, 0) is 61.1 Å². The molecule has 0 spiro atoms. The quantitative estimate of drug-likeness (QED) is 0.499. The van der Waals surface area contributed by atoms with Crippen molar-refractivity contribution in [2.45, 2.75) is 23.8 Å².